The van der Waals surface area contributed by atoms with Crippen LogP contribution in [0.3, 0.4) is 0 Å². The van der Waals surface area contributed by atoms with Gasteiger partial charge in [0.2, 0.25) is 0 Å². The van der Waals surface area contributed by atoms with Gasteiger partial charge in [0.15, 0.2) is 5.69 Å². The van der Waals surface area contributed by atoms with Crippen molar-refractivity contribution < 1.29 is 14.4 Å². The van der Waals surface area contributed by atoms with E-state index in [2.05, 4.69) is 33.3 Å². The number of aliphatic hydroxyl groups is 1. The van der Waals surface area contributed by atoms with Crippen molar-refractivity contribution in [3.8, 4) is 11.8 Å². The molecule has 0 spiro atoms. The Morgan fingerprint density at radius 3 is 3.19 bits per heavy atom. The average molecular weight is 373 g/mol. The van der Waals surface area contributed by atoms with Gasteiger partial charge in [-0.3, -0.25) is 9.69 Å². The highest BCUT2D eigenvalue weighted by molar-refractivity contribution is 7.10. The summed E-state index contributed by atoms with van der Waals surface area (Å²) in [7, 11) is 0. The van der Waals surface area contributed by atoms with Crippen LogP contribution in [0.5, 0.6) is 0 Å². The molecule has 1 aliphatic heterocycles. The van der Waals surface area contributed by atoms with E-state index >= 15 is 0 Å². The summed E-state index contributed by atoms with van der Waals surface area (Å²) in [6, 6.07) is 3.74. The van der Waals surface area contributed by atoms with Crippen molar-refractivity contribution in [3.63, 3.8) is 0 Å². The highest BCUT2D eigenvalue weighted by Crippen LogP contribution is 2.21. The lowest BCUT2D eigenvalue weighted by atomic mass is 9.98. The molecule has 0 saturated carbocycles. The first-order valence-electron chi connectivity index (χ1n) is 8.75. The van der Waals surface area contributed by atoms with Gasteiger partial charge >= 0.3 is 0 Å². The number of piperidine rings is 1. The van der Waals surface area contributed by atoms with E-state index < -0.39 is 0 Å². The number of nitrogens with zero attached hydrogens (tertiary/aromatic N) is 2. The number of amides is 1. The number of hydrogen-bond donors (Lipinski definition) is 2. The van der Waals surface area contributed by atoms with Crippen LogP contribution in [0, 0.1) is 24.7 Å². The van der Waals surface area contributed by atoms with Crippen molar-refractivity contribution in [2.45, 2.75) is 26.3 Å². The van der Waals surface area contributed by atoms with Gasteiger partial charge in [-0.05, 0) is 38.3 Å². The number of aromatic nitrogens is 1. The summed E-state index contributed by atoms with van der Waals surface area (Å²) < 4.78 is 4.95. The molecule has 138 valence electrons. The normalized spacial score (nSPS) is 17.5. The van der Waals surface area contributed by atoms with Crippen LogP contribution >= 0.6 is 11.3 Å². The van der Waals surface area contributed by atoms with Crippen molar-refractivity contribution in [1.82, 2.24) is 15.4 Å². The maximum atomic E-state index is 12.1. The lowest BCUT2D eigenvalue weighted by molar-refractivity contribution is 0.0922. The Morgan fingerprint density at radius 1 is 1.54 bits per heavy atom. The number of rotatable bonds is 5. The summed E-state index contributed by atoms with van der Waals surface area (Å²) in [4.78, 5) is 15.8. The van der Waals surface area contributed by atoms with Gasteiger partial charge in [0.05, 0.1) is 0 Å². The van der Waals surface area contributed by atoms with E-state index in [0.29, 0.717) is 23.9 Å². The third-order valence-electron chi connectivity index (χ3n) is 4.36. The minimum absolute atomic E-state index is 0.112. The zero-order chi connectivity index (χ0) is 18.4. The van der Waals surface area contributed by atoms with Crippen LogP contribution in [-0.4, -0.2) is 47.3 Å². The second-order valence-electron chi connectivity index (χ2n) is 6.54. The maximum Gasteiger partial charge on any atom is 0.273 e. The Kier molecular flexibility index (Phi) is 6.45. The lowest BCUT2D eigenvalue weighted by Crippen LogP contribution is -2.40. The Hall–Kier alpha value is -2.14. The first kappa shape index (κ1) is 18.6. The number of hydrogen-bond acceptors (Lipinski definition) is 6. The van der Waals surface area contributed by atoms with Crippen molar-refractivity contribution >= 4 is 17.2 Å². The summed E-state index contributed by atoms with van der Waals surface area (Å²) in [6.07, 6.45) is 2.25. The molecular formula is C19H23N3O3S. The van der Waals surface area contributed by atoms with Gasteiger partial charge in [-0.15, -0.1) is 11.3 Å². The second kappa shape index (κ2) is 8.99. The summed E-state index contributed by atoms with van der Waals surface area (Å²) in [5, 5.41) is 17.5. The molecule has 1 aliphatic rings. The van der Waals surface area contributed by atoms with Crippen LogP contribution in [-0.2, 0) is 6.54 Å². The van der Waals surface area contributed by atoms with Crippen LogP contribution in [0.1, 0.15) is 39.5 Å². The third kappa shape index (κ3) is 5.18. The van der Waals surface area contributed by atoms with Gasteiger partial charge in [-0.1, -0.05) is 17.0 Å². The van der Waals surface area contributed by atoms with Crippen LogP contribution in [0.15, 0.2) is 22.0 Å². The first-order valence-corrected chi connectivity index (χ1v) is 9.63. The van der Waals surface area contributed by atoms with E-state index in [1.807, 2.05) is 5.38 Å². The predicted molar refractivity (Wildman–Crippen MR) is 99.9 cm³/mol. The number of thiophene rings is 1. The number of nitrogens with one attached hydrogen (secondary N) is 1. The molecule has 0 aromatic carbocycles. The van der Waals surface area contributed by atoms with Crippen molar-refractivity contribution in [3.05, 3.63) is 39.4 Å². The molecule has 26 heavy (non-hydrogen) atoms. The molecular weight excluding hydrogens is 350 g/mol. The smallest absolute Gasteiger partial charge is 0.273 e. The zero-order valence-corrected chi connectivity index (χ0v) is 15.6. The molecule has 0 radical (unpaired) electrons. The Labute approximate surface area is 157 Å². The summed E-state index contributed by atoms with van der Waals surface area (Å²) in [5.74, 6) is 6.52. The first-order chi connectivity index (χ1) is 12.6. The second-order valence-corrected chi connectivity index (χ2v) is 7.53. The molecule has 7 heteroatoms. The minimum atomic E-state index is -0.177. The molecule has 3 heterocycles. The van der Waals surface area contributed by atoms with Gasteiger partial charge in [0, 0.05) is 41.5 Å². The molecule has 0 bridgehead atoms. The molecule has 2 aromatic rings. The van der Waals surface area contributed by atoms with Crippen LogP contribution in [0.2, 0.25) is 0 Å². The number of aliphatic hydroxyl groups excluding tert-OH is 1. The molecule has 0 aliphatic carbocycles. The van der Waals surface area contributed by atoms with Gasteiger partial charge in [0.25, 0.3) is 5.91 Å². The van der Waals surface area contributed by atoms with Crippen LogP contribution in [0.25, 0.3) is 0 Å². The average Bonchev–Trinajstić information content (AvgIpc) is 3.27. The Balaban J connectivity index is 1.48. The quantitative estimate of drug-likeness (QED) is 0.784. The van der Waals surface area contributed by atoms with E-state index in [4.69, 9.17) is 9.63 Å². The molecule has 2 N–H and O–H groups in total. The minimum Gasteiger partial charge on any atom is -0.384 e. The topological polar surface area (TPSA) is 78.6 Å². The SMILES string of the molecule is Cc1cc(C(=O)NCC2CCCN(Cc3cc(C#CCO)cs3)C2)no1. The van der Waals surface area contributed by atoms with Crippen molar-refractivity contribution in [2.24, 2.45) is 5.92 Å². The summed E-state index contributed by atoms with van der Waals surface area (Å²) >= 11 is 1.70. The molecule has 1 fully saturated rings. The standard InChI is InChI=1S/C19H23N3O3S/c1-14-8-18(21-25-14)19(24)20-10-16-4-2-6-22(11-16)12-17-9-15(13-26-17)5-3-7-23/h8-9,13,16,23H,2,4,6-7,10-12H2,1H3,(H,20,24). The molecule has 6 nitrogen and oxygen atoms in total. The van der Waals surface area contributed by atoms with E-state index in [1.54, 1.807) is 24.3 Å². The largest absolute Gasteiger partial charge is 0.384 e. The molecule has 1 unspecified atom stereocenters. The van der Waals surface area contributed by atoms with Gasteiger partial charge in [-0.2, -0.15) is 0 Å². The van der Waals surface area contributed by atoms with E-state index in [9.17, 15) is 4.79 Å². The molecule has 1 atom stereocenters. The number of aryl methyl sites for hydroxylation is 1. The van der Waals surface area contributed by atoms with E-state index in [1.165, 1.54) is 4.88 Å². The maximum absolute atomic E-state index is 12.1. The number of carbonyl (C=O) groups is 1. The monoisotopic (exact) mass is 373 g/mol. The van der Waals surface area contributed by atoms with Crippen molar-refractivity contribution in [2.75, 3.05) is 26.2 Å². The fourth-order valence-corrected chi connectivity index (χ4v) is 4.01. The molecule has 3 rings (SSSR count). The van der Waals surface area contributed by atoms with E-state index in [-0.39, 0.29) is 12.5 Å². The summed E-state index contributed by atoms with van der Waals surface area (Å²) in [6.45, 7) is 5.25. The summed E-state index contributed by atoms with van der Waals surface area (Å²) in [5.41, 5.74) is 1.30. The fraction of sp³-hybridized carbons (Fsp3) is 0.474. The highest BCUT2D eigenvalue weighted by Gasteiger charge is 2.21. The van der Waals surface area contributed by atoms with E-state index in [0.717, 1.165) is 38.0 Å². The third-order valence-corrected chi connectivity index (χ3v) is 5.28. The Bertz CT molecular complexity index is 802. The molecule has 1 saturated heterocycles. The predicted octanol–water partition coefficient (Wildman–Crippen LogP) is 2.03. The lowest BCUT2D eigenvalue weighted by Gasteiger charge is -2.32. The zero-order valence-electron chi connectivity index (χ0n) is 14.8. The Morgan fingerprint density at radius 2 is 2.42 bits per heavy atom. The van der Waals surface area contributed by atoms with Crippen LogP contribution in [0.4, 0.5) is 0 Å². The van der Waals surface area contributed by atoms with Crippen molar-refractivity contribution in [1.29, 1.82) is 0 Å². The highest BCUT2D eigenvalue weighted by atomic mass is 32.1. The van der Waals surface area contributed by atoms with Gasteiger partial charge in [0.1, 0.15) is 12.4 Å². The molecule has 1 amide bonds. The molecule has 2 aromatic heterocycles. The number of carbonyl (C=O) groups excluding carboxylic acids is 1. The number of likely N-dealkylation sites (tertiary alicyclic amines) is 1. The van der Waals surface area contributed by atoms with Gasteiger partial charge < -0.3 is 14.9 Å². The van der Waals surface area contributed by atoms with Crippen LogP contribution < -0.4 is 5.32 Å². The fourth-order valence-electron chi connectivity index (χ4n) is 3.15. The van der Waals surface area contributed by atoms with Gasteiger partial charge in [-0.25, -0.2) is 0 Å².